The first-order chi connectivity index (χ1) is 10.8. The number of hydrogen-bond donors (Lipinski definition) is 0. The zero-order valence-electron chi connectivity index (χ0n) is 14.2. The van der Waals surface area contributed by atoms with Gasteiger partial charge in [-0.05, 0) is 46.1 Å². The summed E-state index contributed by atoms with van der Waals surface area (Å²) in [7, 11) is 1.51. The molecule has 1 aromatic rings. The van der Waals surface area contributed by atoms with Gasteiger partial charge in [-0.1, -0.05) is 0 Å². The van der Waals surface area contributed by atoms with E-state index in [1.807, 2.05) is 20.8 Å². The molecule has 0 saturated carbocycles. The molecule has 1 amide bonds. The van der Waals surface area contributed by atoms with E-state index >= 15 is 0 Å². The molecule has 126 valence electrons. The lowest BCUT2D eigenvalue weighted by Gasteiger charge is -2.36. The number of Topliss-reactive ketones (excluding diaryl/α,β-unsaturated/α-hetero) is 1. The number of amides is 1. The second-order valence-electron chi connectivity index (χ2n) is 6.63. The van der Waals surface area contributed by atoms with Gasteiger partial charge in [0.15, 0.2) is 5.78 Å². The van der Waals surface area contributed by atoms with Gasteiger partial charge >= 0.3 is 6.09 Å². The fraction of sp³-hybridized carbons (Fsp3) is 0.588. The number of pyridine rings is 1. The molecule has 2 rings (SSSR count). The molecule has 23 heavy (non-hydrogen) atoms. The average molecular weight is 320 g/mol. The summed E-state index contributed by atoms with van der Waals surface area (Å²) in [5.41, 5.74) is -0.191. The molecule has 0 aromatic carbocycles. The Hall–Kier alpha value is -2.11. The number of piperidine rings is 1. The van der Waals surface area contributed by atoms with Crippen LogP contribution < -0.4 is 4.74 Å². The normalized spacial score (nSPS) is 18.4. The van der Waals surface area contributed by atoms with E-state index in [9.17, 15) is 9.59 Å². The molecule has 1 atom stereocenters. The van der Waals surface area contributed by atoms with Gasteiger partial charge in [-0.25, -0.2) is 4.79 Å². The van der Waals surface area contributed by atoms with E-state index in [4.69, 9.17) is 9.47 Å². The van der Waals surface area contributed by atoms with Gasteiger partial charge in [0.05, 0.1) is 18.7 Å². The lowest BCUT2D eigenvalue weighted by molar-refractivity contribution is 0.0104. The van der Waals surface area contributed by atoms with Crippen LogP contribution in [0.2, 0.25) is 0 Å². The van der Waals surface area contributed by atoms with Crippen LogP contribution in [-0.4, -0.2) is 47.1 Å². The molecule has 6 nitrogen and oxygen atoms in total. The van der Waals surface area contributed by atoms with E-state index in [0.717, 1.165) is 12.8 Å². The highest BCUT2D eigenvalue weighted by Crippen LogP contribution is 2.26. The first kappa shape index (κ1) is 17.2. The zero-order chi connectivity index (χ0) is 17.0. The van der Waals surface area contributed by atoms with E-state index in [2.05, 4.69) is 4.98 Å². The van der Waals surface area contributed by atoms with Gasteiger partial charge < -0.3 is 9.47 Å². The number of likely N-dealkylation sites (tertiary alicyclic amines) is 1. The third kappa shape index (κ3) is 4.21. The van der Waals surface area contributed by atoms with Crippen LogP contribution in [0, 0.1) is 0 Å². The maximum Gasteiger partial charge on any atom is 0.410 e. The van der Waals surface area contributed by atoms with Crippen molar-refractivity contribution in [2.75, 3.05) is 13.7 Å². The Morgan fingerprint density at radius 1 is 1.30 bits per heavy atom. The molecule has 0 unspecified atom stereocenters. The van der Waals surface area contributed by atoms with Crippen molar-refractivity contribution in [2.45, 2.75) is 51.7 Å². The predicted octanol–water partition coefficient (Wildman–Crippen LogP) is 3.06. The summed E-state index contributed by atoms with van der Waals surface area (Å²) in [4.78, 5) is 30.8. The van der Waals surface area contributed by atoms with Gasteiger partial charge in [-0.3, -0.25) is 14.7 Å². The second-order valence-corrected chi connectivity index (χ2v) is 6.63. The number of carbonyl (C=O) groups excluding carboxylic acids is 2. The Morgan fingerprint density at radius 3 is 2.70 bits per heavy atom. The molecular weight excluding hydrogens is 296 g/mol. The fourth-order valence-corrected chi connectivity index (χ4v) is 2.67. The Labute approximate surface area is 136 Å². The predicted molar refractivity (Wildman–Crippen MR) is 85.7 cm³/mol. The minimum Gasteiger partial charge on any atom is -0.496 e. The van der Waals surface area contributed by atoms with E-state index in [0.29, 0.717) is 24.3 Å². The SMILES string of the molecule is COc1ccncc1C(=O)[C@H]1CCCCN1C(=O)OC(C)(C)C. The molecule has 0 N–H and O–H groups in total. The molecule has 1 aliphatic heterocycles. The van der Waals surface area contributed by atoms with Crippen LogP contribution in [-0.2, 0) is 4.74 Å². The van der Waals surface area contributed by atoms with Crippen LogP contribution >= 0.6 is 0 Å². The number of ketones is 1. The van der Waals surface area contributed by atoms with Crippen LogP contribution in [0.1, 0.15) is 50.4 Å². The van der Waals surface area contributed by atoms with Gasteiger partial charge in [-0.2, -0.15) is 0 Å². The molecule has 1 aliphatic rings. The topological polar surface area (TPSA) is 68.7 Å². The Morgan fingerprint density at radius 2 is 2.04 bits per heavy atom. The molecule has 0 spiro atoms. The van der Waals surface area contributed by atoms with Crippen LogP contribution in [0.4, 0.5) is 4.79 Å². The summed E-state index contributed by atoms with van der Waals surface area (Å²) in [6.45, 7) is 5.97. The minimum absolute atomic E-state index is 0.152. The summed E-state index contributed by atoms with van der Waals surface area (Å²) in [6.07, 6.45) is 5.01. The molecule has 0 radical (unpaired) electrons. The van der Waals surface area contributed by atoms with Crippen molar-refractivity contribution in [3.8, 4) is 5.75 Å². The second kappa shape index (κ2) is 6.98. The number of rotatable bonds is 3. The summed E-state index contributed by atoms with van der Waals surface area (Å²) in [6, 6.07) is 1.12. The lowest BCUT2D eigenvalue weighted by atomic mass is 9.95. The molecule has 1 fully saturated rings. The maximum absolute atomic E-state index is 12.9. The molecule has 1 saturated heterocycles. The van der Waals surface area contributed by atoms with Crippen LogP contribution in [0.25, 0.3) is 0 Å². The molecule has 1 aromatic heterocycles. The third-order valence-electron chi connectivity index (χ3n) is 3.70. The van der Waals surface area contributed by atoms with E-state index in [1.165, 1.54) is 18.2 Å². The Kier molecular flexibility index (Phi) is 5.23. The maximum atomic E-state index is 12.9. The van der Waals surface area contributed by atoms with Crippen molar-refractivity contribution in [1.29, 1.82) is 0 Å². The first-order valence-corrected chi connectivity index (χ1v) is 7.85. The van der Waals surface area contributed by atoms with Gasteiger partial charge in [0, 0.05) is 18.9 Å². The van der Waals surface area contributed by atoms with E-state index in [1.54, 1.807) is 12.3 Å². The summed E-state index contributed by atoms with van der Waals surface area (Å²) < 4.78 is 10.7. The highest BCUT2D eigenvalue weighted by molar-refractivity contribution is 6.03. The number of hydrogen-bond acceptors (Lipinski definition) is 5. The first-order valence-electron chi connectivity index (χ1n) is 7.85. The summed E-state index contributed by atoms with van der Waals surface area (Å²) >= 11 is 0. The molecular formula is C17H24N2O4. The highest BCUT2D eigenvalue weighted by atomic mass is 16.6. The monoisotopic (exact) mass is 320 g/mol. The molecule has 6 heteroatoms. The molecule has 2 heterocycles. The van der Waals surface area contributed by atoms with Crippen molar-refractivity contribution in [3.63, 3.8) is 0 Å². The van der Waals surface area contributed by atoms with Gasteiger partial charge in [0.25, 0.3) is 0 Å². The standard InChI is InChI=1S/C17H24N2O4/c1-17(2,3)23-16(21)19-10-6-5-7-13(19)15(20)12-11-18-9-8-14(12)22-4/h8-9,11,13H,5-7,10H2,1-4H3/t13-/m1/s1. The number of carbonyl (C=O) groups is 2. The Balaban J connectivity index is 2.24. The highest BCUT2D eigenvalue weighted by Gasteiger charge is 2.36. The smallest absolute Gasteiger partial charge is 0.410 e. The third-order valence-corrected chi connectivity index (χ3v) is 3.70. The number of methoxy groups -OCH3 is 1. The summed E-state index contributed by atoms with van der Waals surface area (Å²) in [5, 5.41) is 0. The van der Waals surface area contributed by atoms with Crippen molar-refractivity contribution < 1.29 is 19.1 Å². The van der Waals surface area contributed by atoms with E-state index < -0.39 is 17.7 Å². The van der Waals surface area contributed by atoms with Crippen molar-refractivity contribution in [1.82, 2.24) is 9.88 Å². The number of nitrogens with zero attached hydrogens (tertiary/aromatic N) is 2. The van der Waals surface area contributed by atoms with Crippen molar-refractivity contribution in [2.24, 2.45) is 0 Å². The van der Waals surface area contributed by atoms with Gasteiger partial charge in [0.1, 0.15) is 11.4 Å². The Bertz CT molecular complexity index is 580. The van der Waals surface area contributed by atoms with Crippen LogP contribution in [0.15, 0.2) is 18.5 Å². The fourth-order valence-electron chi connectivity index (χ4n) is 2.67. The van der Waals surface area contributed by atoms with Crippen LogP contribution in [0.3, 0.4) is 0 Å². The van der Waals surface area contributed by atoms with E-state index in [-0.39, 0.29) is 5.78 Å². The lowest BCUT2D eigenvalue weighted by Crippen LogP contribution is -2.49. The van der Waals surface area contributed by atoms with Crippen LogP contribution in [0.5, 0.6) is 5.75 Å². The van der Waals surface area contributed by atoms with Crippen molar-refractivity contribution >= 4 is 11.9 Å². The largest absolute Gasteiger partial charge is 0.496 e. The van der Waals surface area contributed by atoms with Crippen molar-refractivity contribution in [3.05, 3.63) is 24.0 Å². The number of aromatic nitrogens is 1. The van der Waals surface area contributed by atoms with Gasteiger partial charge in [0.2, 0.25) is 0 Å². The quantitative estimate of drug-likeness (QED) is 0.801. The average Bonchev–Trinajstić information content (AvgIpc) is 2.52. The molecule has 0 aliphatic carbocycles. The summed E-state index contributed by atoms with van der Waals surface area (Å²) in [5.74, 6) is 0.320. The zero-order valence-corrected chi connectivity index (χ0v) is 14.2. The van der Waals surface area contributed by atoms with Gasteiger partial charge in [-0.15, -0.1) is 0 Å². The molecule has 0 bridgehead atoms. The minimum atomic E-state index is -0.589. The number of ether oxygens (including phenoxy) is 2.